The van der Waals surface area contributed by atoms with Crippen LogP contribution in [-0.4, -0.2) is 22.6 Å². The second kappa shape index (κ2) is 5.75. The number of hydrogen-bond donors (Lipinski definition) is 1. The number of benzene rings is 1. The van der Waals surface area contributed by atoms with Crippen LogP contribution < -0.4 is 5.32 Å². The number of aromatic nitrogens is 2. The molecule has 6 heteroatoms. The zero-order valence-electron chi connectivity index (χ0n) is 11.4. The minimum Gasteiger partial charge on any atom is -0.351 e. The van der Waals surface area contributed by atoms with E-state index in [-0.39, 0.29) is 5.91 Å². The zero-order chi connectivity index (χ0) is 14.7. The Morgan fingerprint density at radius 3 is 3.00 bits per heavy atom. The molecule has 1 aliphatic rings. The lowest BCUT2D eigenvalue weighted by Crippen LogP contribution is -2.26. The SMILES string of the molecule is N#Cc1ccccc1C(=O)NCCc1nc(C2CC2)no1. The van der Waals surface area contributed by atoms with E-state index in [2.05, 4.69) is 15.5 Å². The third kappa shape index (κ3) is 3.08. The van der Waals surface area contributed by atoms with E-state index in [0.29, 0.717) is 35.9 Å². The van der Waals surface area contributed by atoms with Crippen molar-refractivity contribution in [2.24, 2.45) is 0 Å². The monoisotopic (exact) mass is 282 g/mol. The van der Waals surface area contributed by atoms with Crippen molar-refractivity contribution in [2.75, 3.05) is 6.54 Å². The molecule has 1 aromatic carbocycles. The number of carbonyl (C=O) groups excluding carboxylic acids is 1. The van der Waals surface area contributed by atoms with Crippen LogP contribution in [0.5, 0.6) is 0 Å². The van der Waals surface area contributed by atoms with Crippen LogP contribution in [0.4, 0.5) is 0 Å². The van der Waals surface area contributed by atoms with Crippen LogP contribution in [0.3, 0.4) is 0 Å². The highest BCUT2D eigenvalue weighted by molar-refractivity contribution is 5.96. The van der Waals surface area contributed by atoms with E-state index in [1.807, 2.05) is 6.07 Å². The lowest BCUT2D eigenvalue weighted by molar-refractivity contribution is 0.0953. The molecule has 1 heterocycles. The van der Waals surface area contributed by atoms with Crippen LogP contribution in [-0.2, 0) is 6.42 Å². The van der Waals surface area contributed by atoms with Crippen LogP contribution in [0, 0.1) is 11.3 Å². The Hall–Kier alpha value is -2.68. The molecule has 6 nitrogen and oxygen atoms in total. The van der Waals surface area contributed by atoms with Gasteiger partial charge in [-0.2, -0.15) is 10.2 Å². The highest BCUT2D eigenvalue weighted by Crippen LogP contribution is 2.38. The summed E-state index contributed by atoms with van der Waals surface area (Å²) in [6, 6.07) is 8.72. The molecular formula is C15H14N4O2. The Morgan fingerprint density at radius 2 is 2.24 bits per heavy atom. The van der Waals surface area contributed by atoms with Gasteiger partial charge in [-0.25, -0.2) is 0 Å². The summed E-state index contributed by atoms with van der Waals surface area (Å²) in [5, 5.41) is 15.6. The van der Waals surface area contributed by atoms with Gasteiger partial charge in [0.1, 0.15) is 0 Å². The van der Waals surface area contributed by atoms with Crippen LogP contribution in [0.15, 0.2) is 28.8 Å². The number of nitrogens with zero attached hydrogens (tertiary/aromatic N) is 3. The second-order valence-corrected chi connectivity index (χ2v) is 4.98. The molecule has 1 fully saturated rings. The molecule has 1 aliphatic carbocycles. The van der Waals surface area contributed by atoms with Gasteiger partial charge in [0.25, 0.3) is 5.91 Å². The van der Waals surface area contributed by atoms with Gasteiger partial charge >= 0.3 is 0 Å². The maximum Gasteiger partial charge on any atom is 0.252 e. The minimum absolute atomic E-state index is 0.269. The van der Waals surface area contributed by atoms with Crippen molar-refractivity contribution in [2.45, 2.75) is 25.2 Å². The topological polar surface area (TPSA) is 91.8 Å². The first kappa shape index (κ1) is 13.3. The van der Waals surface area contributed by atoms with Crippen LogP contribution in [0.2, 0.25) is 0 Å². The van der Waals surface area contributed by atoms with Gasteiger partial charge in [-0.05, 0) is 25.0 Å². The first-order valence-corrected chi connectivity index (χ1v) is 6.87. The summed E-state index contributed by atoms with van der Waals surface area (Å²) in [4.78, 5) is 16.3. The summed E-state index contributed by atoms with van der Waals surface area (Å²) in [5.41, 5.74) is 0.744. The highest BCUT2D eigenvalue weighted by Gasteiger charge is 2.28. The maximum absolute atomic E-state index is 12.0. The number of carbonyl (C=O) groups is 1. The molecule has 0 atom stereocenters. The Bertz CT molecular complexity index is 698. The predicted octanol–water partition coefficient (Wildman–Crippen LogP) is 1.79. The van der Waals surface area contributed by atoms with E-state index in [1.165, 1.54) is 0 Å². The molecule has 0 aliphatic heterocycles. The van der Waals surface area contributed by atoms with Crippen molar-refractivity contribution >= 4 is 5.91 Å². The summed E-state index contributed by atoms with van der Waals surface area (Å²) in [5.74, 6) is 1.49. The number of nitrogens with one attached hydrogen (secondary N) is 1. The van der Waals surface area contributed by atoms with Crippen molar-refractivity contribution in [1.82, 2.24) is 15.5 Å². The van der Waals surface area contributed by atoms with Gasteiger partial charge in [0.05, 0.1) is 17.2 Å². The molecule has 0 bridgehead atoms. The molecule has 1 N–H and O–H groups in total. The molecule has 21 heavy (non-hydrogen) atoms. The van der Waals surface area contributed by atoms with Crippen molar-refractivity contribution < 1.29 is 9.32 Å². The summed E-state index contributed by atoms with van der Waals surface area (Å²) in [6.45, 7) is 0.394. The Balaban J connectivity index is 1.54. The first-order chi connectivity index (χ1) is 10.3. The van der Waals surface area contributed by atoms with Crippen molar-refractivity contribution in [3.05, 3.63) is 47.1 Å². The minimum atomic E-state index is -0.269. The Morgan fingerprint density at radius 1 is 1.43 bits per heavy atom. The fraction of sp³-hybridized carbons (Fsp3) is 0.333. The fourth-order valence-corrected chi connectivity index (χ4v) is 2.03. The van der Waals surface area contributed by atoms with Crippen LogP contribution in [0.25, 0.3) is 0 Å². The molecule has 1 amide bonds. The molecule has 0 radical (unpaired) electrons. The first-order valence-electron chi connectivity index (χ1n) is 6.87. The quantitative estimate of drug-likeness (QED) is 0.902. The van der Waals surface area contributed by atoms with Gasteiger partial charge in [0.2, 0.25) is 5.89 Å². The number of hydrogen-bond acceptors (Lipinski definition) is 5. The molecule has 0 unspecified atom stereocenters. The molecule has 0 spiro atoms. The predicted molar refractivity (Wildman–Crippen MR) is 73.5 cm³/mol. The average Bonchev–Trinajstić information content (AvgIpc) is 3.27. The number of rotatable bonds is 5. The Kier molecular flexibility index (Phi) is 3.65. The van der Waals surface area contributed by atoms with E-state index in [1.54, 1.807) is 24.3 Å². The molecule has 1 aromatic heterocycles. The second-order valence-electron chi connectivity index (χ2n) is 4.98. The van der Waals surface area contributed by atoms with Gasteiger partial charge in [-0.15, -0.1) is 0 Å². The van der Waals surface area contributed by atoms with Gasteiger partial charge in [-0.1, -0.05) is 17.3 Å². The van der Waals surface area contributed by atoms with Crippen molar-refractivity contribution in [3.8, 4) is 6.07 Å². The smallest absolute Gasteiger partial charge is 0.252 e. The molecule has 3 rings (SSSR count). The van der Waals surface area contributed by atoms with Crippen LogP contribution >= 0.6 is 0 Å². The van der Waals surface area contributed by atoms with E-state index >= 15 is 0 Å². The maximum atomic E-state index is 12.0. The van der Waals surface area contributed by atoms with Gasteiger partial charge in [0.15, 0.2) is 5.82 Å². The number of nitriles is 1. The summed E-state index contributed by atoms with van der Waals surface area (Å²) in [7, 11) is 0. The van der Waals surface area contributed by atoms with E-state index in [4.69, 9.17) is 9.78 Å². The number of amides is 1. The highest BCUT2D eigenvalue weighted by atomic mass is 16.5. The normalized spacial score (nSPS) is 13.7. The standard InChI is InChI=1S/C15H14N4O2/c16-9-11-3-1-2-4-12(11)15(20)17-8-7-13-18-14(19-21-13)10-5-6-10/h1-4,10H,5-8H2,(H,17,20). The molecule has 0 saturated heterocycles. The molecule has 106 valence electrons. The van der Waals surface area contributed by atoms with Crippen LogP contribution in [0.1, 0.15) is 46.4 Å². The largest absolute Gasteiger partial charge is 0.351 e. The average molecular weight is 282 g/mol. The summed E-state index contributed by atoms with van der Waals surface area (Å²) >= 11 is 0. The van der Waals surface area contributed by atoms with Crippen molar-refractivity contribution in [1.29, 1.82) is 5.26 Å². The van der Waals surface area contributed by atoms with E-state index in [9.17, 15) is 4.79 Å². The van der Waals surface area contributed by atoms with Gasteiger partial charge in [0, 0.05) is 18.9 Å². The van der Waals surface area contributed by atoms with Gasteiger partial charge in [-0.3, -0.25) is 4.79 Å². The summed E-state index contributed by atoms with van der Waals surface area (Å²) in [6.07, 6.45) is 2.74. The zero-order valence-corrected chi connectivity index (χ0v) is 11.4. The van der Waals surface area contributed by atoms with E-state index in [0.717, 1.165) is 18.7 Å². The third-order valence-corrected chi connectivity index (χ3v) is 3.34. The third-order valence-electron chi connectivity index (χ3n) is 3.34. The molecular weight excluding hydrogens is 268 g/mol. The lowest BCUT2D eigenvalue weighted by Gasteiger charge is -2.04. The Labute approximate surface area is 121 Å². The lowest BCUT2D eigenvalue weighted by atomic mass is 10.1. The molecule has 2 aromatic rings. The van der Waals surface area contributed by atoms with Crippen molar-refractivity contribution in [3.63, 3.8) is 0 Å². The van der Waals surface area contributed by atoms with Gasteiger partial charge < -0.3 is 9.84 Å². The van der Waals surface area contributed by atoms with E-state index < -0.39 is 0 Å². The summed E-state index contributed by atoms with van der Waals surface area (Å²) < 4.78 is 5.13. The fourth-order valence-electron chi connectivity index (χ4n) is 2.03. The molecule has 1 saturated carbocycles.